The summed E-state index contributed by atoms with van der Waals surface area (Å²) < 4.78 is 5.12. The summed E-state index contributed by atoms with van der Waals surface area (Å²) in [6.45, 7) is 11.3. The molecule has 0 aliphatic carbocycles. The van der Waals surface area contributed by atoms with Crippen LogP contribution in [0.3, 0.4) is 0 Å². The molecule has 0 aromatic rings. The van der Waals surface area contributed by atoms with Crippen LogP contribution in [0.25, 0.3) is 0 Å². The van der Waals surface area contributed by atoms with Crippen LogP contribution in [0.1, 0.15) is 41.5 Å². The van der Waals surface area contributed by atoms with E-state index in [1.807, 2.05) is 44.2 Å². The first-order chi connectivity index (χ1) is 12.1. The van der Waals surface area contributed by atoms with E-state index in [2.05, 4.69) is 25.2 Å². The number of allylic oxidation sites excluding steroid dienone is 9. The fraction of sp³-hybridized carbons (Fsp3) is 0.429. The van der Waals surface area contributed by atoms with E-state index < -0.39 is 18.1 Å². The first-order valence-corrected chi connectivity index (χ1v) is 8.69. The van der Waals surface area contributed by atoms with Crippen LogP contribution >= 0.6 is 0 Å². The number of amides is 1. The van der Waals surface area contributed by atoms with Gasteiger partial charge in [0.1, 0.15) is 12.6 Å². The van der Waals surface area contributed by atoms with Gasteiger partial charge in [-0.1, -0.05) is 53.2 Å². The quantitative estimate of drug-likeness (QED) is 0.488. The third-order valence-corrected chi connectivity index (χ3v) is 3.26. The summed E-state index contributed by atoms with van der Waals surface area (Å²) in [5.41, 5.74) is 8.80. The highest BCUT2D eigenvalue weighted by Crippen LogP contribution is 2.01. The zero-order chi connectivity index (χ0) is 20.1. The third kappa shape index (κ3) is 12.0. The molecule has 0 aliphatic rings. The fourth-order valence-electron chi connectivity index (χ4n) is 1.65. The normalized spacial score (nSPS) is 15.0. The molecule has 1 unspecified atom stereocenters. The van der Waals surface area contributed by atoms with Crippen molar-refractivity contribution >= 4 is 11.9 Å². The van der Waals surface area contributed by atoms with E-state index in [4.69, 9.17) is 10.5 Å². The number of ether oxygens (including phenoxy) is 1. The molecule has 0 aromatic heterocycles. The van der Waals surface area contributed by atoms with Gasteiger partial charge >= 0.3 is 5.97 Å². The Labute approximate surface area is 157 Å². The van der Waals surface area contributed by atoms with Gasteiger partial charge in [0.15, 0.2) is 0 Å². The summed E-state index contributed by atoms with van der Waals surface area (Å²) in [6, 6.07) is -1.39. The molecule has 144 valence electrons. The summed E-state index contributed by atoms with van der Waals surface area (Å²) in [5.74, 6) is -0.878. The molecular formula is C21H32N2O3. The minimum absolute atomic E-state index is 0.149. The van der Waals surface area contributed by atoms with E-state index in [0.717, 1.165) is 11.1 Å². The average molecular weight is 360 g/mol. The number of nitrogens with two attached hydrogens (primary N) is 1. The second-order valence-electron chi connectivity index (χ2n) is 6.47. The predicted octanol–water partition coefficient (Wildman–Crippen LogP) is 3.35. The SMILES string of the molecule is CC(C)=C/C=C/C(C)=C/C=C/C(C)=C/COC(=O)C(C)NC(=O)[C@H](C)N. The van der Waals surface area contributed by atoms with E-state index in [0.29, 0.717) is 0 Å². The molecular weight excluding hydrogens is 328 g/mol. The molecule has 0 radical (unpaired) electrons. The van der Waals surface area contributed by atoms with Gasteiger partial charge in [-0.3, -0.25) is 4.79 Å². The molecule has 5 heteroatoms. The lowest BCUT2D eigenvalue weighted by molar-refractivity contribution is -0.146. The van der Waals surface area contributed by atoms with Gasteiger partial charge in [0, 0.05) is 0 Å². The Hall–Kier alpha value is -2.40. The lowest BCUT2D eigenvalue weighted by Gasteiger charge is -2.14. The summed E-state index contributed by atoms with van der Waals surface area (Å²) in [7, 11) is 0. The summed E-state index contributed by atoms with van der Waals surface area (Å²) >= 11 is 0. The molecule has 5 nitrogen and oxygen atoms in total. The first kappa shape index (κ1) is 23.6. The molecule has 26 heavy (non-hydrogen) atoms. The second-order valence-corrected chi connectivity index (χ2v) is 6.47. The van der Waals surface area contributed by atoms with Crippen LogP contribution in [0.2, 0.25) is 0 Å². The Morgan fingerprint density at radius 1 is 1.00 bits per heavy atom. The van der Waals surface area contributed by atoms with Crippen molar-refractivity contribution in [3.05, 3.63) is 59.3 Å². The number of esters is 1. The topological polar surface area (TPSA) is 81.4 Å². The van der Waals surface area contributed by atoms with Gasteiger partial charge < -0.3 is 15.8 Å². The van der Waals surface area contributed by atoms with Crippen LogP contribution in [-0.4, -0.2) is 30.6 Å². The molecule has 0 aliphatic heterocycles. The lowest BCUT2D eigenvalue weighted by Crippen LogP contribution is -2.46. The Morgan fingerprint density at radius 3 is 2.15 bits per heavy atom. The van der Waals surface area contributed by atoms with Crippen LogP contribution < -0.4 is 11.1 Å². The molecule has 0 aromatic carbocycles. The zero-order valence-electron chi connectivity index (χ0n) is 16.7. The highest BCUT2D eigenvalue weighted by Gasteiger charge is 2.18. The van der Waals surface area contributed by atoms with Crippen LogP contribution in [0.15, 0.2) is 59.3 Å². The van der Waals surface area contributed by atoms with Gasteiger partial charge in [-0.25, -0.2) is 4.79 Å². The Kier molecular flexibility index (Phi) is 11.7. The molecule has 3 N–H and O–H groups in total. The molecule has 0 spiro atoms. The van der Waals surface area contributed by atoms with Crippen molar-refractivity contribution in [3.63, 3.8) is 0 Å². The lowest BCUT2D eigenvalue weighted by atomic mass is 10.2. The maximum absolute atomic E-state index is 11.8. The van der Waals surface area contributed by atoms with Crippen molar-refractivity contribution in [1.82, 2.24) is 5.32 Å². The molecule has 0 bridgehead atoms. The van der Waals surface area contributed by atoms with Gasteiger partial charge in [-0.05, 0) is 47.6 Å². The average Bonchev–Trinajstić information content (AvgIpc) is 2.54. The Morgan fingerprint density at radius 2 is 1.58 bits per heavy atom. The minimum Gasteiger partial charge on any atom is -0.460 e. The van der Waals surface area contributed by atoms with Crippen molar-refractivity contribution in [2.24, 2.45) is 5.73 Å². The zero-order valence-corrected chi connectivity index (χ0v) is 16.7. The van der Waals surface area contributed by atoms with E-state index in [1.54, 1.807) is 19.9 Å². The molecule has 2 atom stereocenters. The van der Waals surface area contributed by atoms with Crippen molar-refractivity contribution < 1.29 is 14.3 Å². The second kappa shape index (κ2) is 12.9. The highest BCUT2D eigenvalue weighted by molar-refractivity contribution is 5.86. The van der Waals surface area contributed by atoms with Gasteiger partial charge in [0.05, 0.1) is 6.04 Å². The molecule has 0 heterocycles. The van der Waals surface area contributed by atoms with Crippen LogP contribution in [0, 0.1) is 0 Å². The third-order valence-electron chi connectivity index (χ3n) is 3.26. The smallest absolute Gasteiger partial charge is 0.328 e. The number of hydrogen-bond acceptors (Lipinski definition) is 4. The predicted molar refractivity (Wildman–Crippen MR) is 107 cm³/mol. The van der Waals surface area contributed by atoms with Crippen molar-refractivity contribution in [3.8, 4) is 0 Å². The summed E-state index contributed by atoms with van der Waals surface area (Å²) in [6.07, 6.45) is 13.8. The van der Waals surface area contributed by atoms with Gasteiger partial charge in [0.25, 0.3) is 0 Å². The molecule has 0 rings (SSSR count). The van der Waals surface area contributed by atoms with E-state index in [1.165, 1.54) is 5.57 Å². The van der Waals surface area contributed by atoms with Gasteiger partial charge in [-0.2, -0.15) is 0 Å². The minimum atomic E-state index is -0.726. The van der Waals surface area contributed by atoms with Crippen molar-refractivity contribution in [2.45, 2.75) is 53.6 Å². The number of nitrogens with one attached hydrogen (secondary N) is 1. The number of rotatable bonds is 9. The van der Waals surface area contributed by atoms with E-state index in [-0.39, 0.29) is 12.5 Å². The largest absolute Gasteiger partial charge is 0.460 e. The standard InChI is InChI=1S/C21H32N2O3/c1-15(2)9-7-10-16(3)11-8-12-17(4)13-14-26-21(25)19(6)23-20(24)18(5)22/h7-13,18-19H,14,22H2,1-6H3,(H,23,24)/b10-7+,12-8+,16-11+,17-13+/t18-,19?/m0/s1. The maximum atomic E-state index is 11.8. The molecule has 0 saturated carbocycles. The van der Waals surface area contributed by atoms with E-state index >= 15 is 0 Å². The number of hydrogen-bond donors (Lipinski definition) is 2. The van der Waals surface area contributed by atoms with Crippen molar-refractivity contribution in [2.75, 3.05) is 6.61 Å². The van der Waals surface area contributed by atoms with Crippen LogP contribution in [0.5, 0.6) is 0 Å². The van der Waals surface area contributed by atoms with Crippen LogP contribution in [0.4, 0.5) is 0 Å². The number of carbonyl (C=O) groups excluding carboxylic acids is 2. The Bertz CT molecular complexity index is 619. The van der Waals surface area contributed by atoms with Crippen LogP contribution in [-0.2, 0) is 14.3 Å². The van der Waals surface area contributed by atoms with Gasteiger partial charge in [0.2, 0.25) is 5.91 Å². The highest BCUT2D eigenvalue weighted by atomic mass is 16.5. The molecule has 0 saturated heterocycles. The molecule has 0 fully saturated rings. The summed E-state index contributed by atoms with van der Waals surface area (Å²) in [5, 5.41) is 2.50. The fourth-order valence-corrected chi connectivity index (χ4v) is 1.65. The van der Waals surface area contributed by atoms with Gasteiger partial charge in [-0.15, -0.1) is 0 Å². The van der Waals surface area contributed by atoms with Crippen molar-refractivity contribution in [1.29, 1.82) is 0 Å². The first-order valence-electron chi connectivity index (χ1n) is 8.69. The Balaban J connectivity index is 4.40. The summed E-state index contributed by atoms with van der Waals surface area (Å²) in [4.78, 5) is 23.2. The maximum Gasteiger partial charge on any atom is 0.328 e. The van der Waals surface area contributed by atoms with E-state index in [9.17, 15) is 9.59 Å². The monoisotopic (exact) mass is 360 g/mol. The number of carbonyl (C=O) groups is 2. The molecule has 1 amide bonds.